The van der Waals surface area contributed by atoms with Gasteiger partial charge in [-0.05, 0) is 12.5 Å². The predicted octanol–water partition coefficient (Wildman–Crippen LogP) is 1.72. The highest BCUT2D eigenvalue weighted by Gasteiger charge is 1.86. The van der Waals surface area contributed by atoms with Gasteiger partial charge in [-0.15, -0.1) is 0 Å². The lowest BCUT2D eigenvalue weighted by molar-refractivity contribution is 0.961. The molecule has 0 unspecified atom stereocenters. The first-order chi connectivity index (χ1) is 4.43. The van der Waals surface area contributed by atoms with E-state index in [0.29, 0.717) is 0 Å². The van der Waals surface area contributed by atoms with Crippen LogP contribution in [0.5, 0.6) is 0 Å². The first-order valence-corrected chi connectivity index (χ1v) is 3.16. The van der Waals surface area contributed by atoms with E-state index in [-0.39, 0.29) is 2.85 Å². The molecule has 0 spiro atoms. The fraction of sp³-hybridized carbons (Fsp3) is 0.500. The zero-order valence-electron chi connectivity index (χ0n) is 5.52. The Hall–Kier alpha value is -0.990. The lowest BCUT2D eigenvalue weighted by Gasteiger charge is -1.97. The molecule has 0 aliphatic rings. The molecule has 0 saturated heterocycles. The third-order valence-electron chi connectivity index (χ3n) is 1.07. The molecule has 0 radical (unpaired) electrons. The molecule has 0 aromatic carbocycles. The van der Waals surface area contributed by atoms with Crippen molar-refractivity contribution in [3.63, 3.8) is 0 Å². The second kappa shape index (κ2) is 3.12. The van der Waals surface area contributed by atoms with Crippen molar-refractivity contribution in [1.82, 2.24) is 10.2 Å². The Balaban J connectivity index is 0. The lowest BCUT2D eigenvalue weighted by atomic mass is 10.5. The number of H-pyrrole nitrogens is 1. The number of aromatic nitrogens is 2. The summed E-state index contributed by atoms with van der Waals surface area (Å²) < 4.78 is 0. The maximum Gasteiger partial charge on any atom is 0.121 e. The van der Waals surface area contributed by atoms with Gasteiger partial charge >= 0.3 is 0 Å². The van der Waals surface area contributed by atoms with Crippen molar-refractivity contribution in [2.45, 2.75) is 13.3 Å². The van der Waals surface area contributed by atoms with Gasteiger partial charge in [0, 0.05) is 9.40 Å². The topological polar surface area (TPSA) is 40.7 Å². The van der Waals surface area contributed by atoms with Crippen molar-refractivity contribution in [3.8, 4) is 0 Å². The minimum atomic E-state index is 0. The number of nitrogens with one attached hydrogen (secondary N) is 2. The zero-order chi connectivity index (χ0) is 6.53. The minimum Gasteiger partial charge on any atom is -0.370 e. The number of hydrogen-bond donors (Lipinski definition) is 2. The van der Waals surface area contributed by atoms with Crippen molar-refractivity contribution in [2.75, 3.05) is 11.9 Å². The highest BCUT2D eigenvalue weighted by molar-refractivity contribution is 5.30. The summed E-state index contributed by atoms with van der Waals surface area (Å²) in [6.45, 7) is 3.13. The summed E-state index contributed by atoms with van der Waals surface area (Å²) in [5, 5.41) is 9.75. The van der Waals surface area contributed by atoms with E-state index in [2.05, 4.69) is 22.4 Å². The van der Waals surface area contributed by atoms with Crippen LogP contribution in [0.2, 0.25) is 0 Å². The van der Waals surface area contributed by atoms with Crippen LogP contribution in [0.1, 0.15) is 16.2 Å². The van der Waals surface area contributed by atoms with E-state index in [4.69, 9.17) is 0 Å². The molecule has 1 rings (SSSR count). The Morgan fingerprint density at radius 1 is 1.89 bits per heavy atom. The zero-order valence-corrected chi connectivity index (χ0v) is 5.52. The standard InChI is InChI=1S/C6H11N3.2H2/c1-2-4-7-6-3-5-8-9-6;;/h3,5H,2,4H2,1H3,(H2,7,8,9);2*1H. The Morgan fingerprint density at radius 2 is 2.78 bits per heavy atom. The monoisotopic (exact) mass is 129 g/mol. The molecule has 1 aromatic rings. The third kappa shape index (κ3) is 1.76. The Morgan fingerprint density at radius 3 is 3.33 bits per heavy atom. The van der Waals surface area contributed by atoms with Gasteiger partial charge in [-0.2, -0.15) is 5.10 Å². The molecule has 1 aromatic heterocycles. The van der Waals surface area contributed by atoms with E-state index in [1.54, 1.807) is 6.20 Å². The van der Waals surface area contributed by atoms with E-state index < -0.39 is 0 Å². The van der Waals surface area contributed by atoms with E-state index in [1.165, 1.54) is 0 Å². The minimum absolute atomic E-state index is 0. The Kier molecular flexibility index (Phi) is 2.13. The summed E-state index contributed by atoms with van der Waals surface area (Å²) in [4.78, 5) is 0. The summed E-state index contributed by atoms with van der Waals surface area (Å²) in [6.07, 6.45) is 2.87. The molecule has 2 N–H and O–H groups in total. The van der Waals surface area contributed by atoms with Gasteiger partial charge in [-0.1, -0.05) is 6.92 Å². The van der Waals surface area contributed by atoms with Crippen molar-refractivity contribution < 1.29 is 2.85 Å². The van der Waals surface area contributed by atoms with Crippen molar-refractivity contribution in [1.29, 1.82) is 0 Å². The summed E-state index contributed by atoms with van der Waals surface area (Å²) in [6, 6.07) is 1.91. The van der Waals surface area contributed by atoms with E-state index in [9.17, 15) is 0 Å². The molecule has 0 saturated carbocycles. The highest BCUT2D eigenvalue weighted by Crippen LogP contribution is 1.96. The molecule has 54 valence electrons. The second-order valence-corrected chi connectivity index (χ2v) is 1.90. The van der Waals surface area contributed by atoms with Crippen LogP contribution in [0, 0.1) is 0 Å². The fourth-order valence-electron chi connectivity index (χ4n) is 0.614. The predicted molar refractivity (Wildman–Crippen MR) is 41.6 cm³/mol. The van der Waals surface area contributed by atoms with Crippen molar-refractivity contribution >= 4 is 5.82 Å². The Bertz CT molecular complexity index is 153. The maximum absolute atomic E-state index is 3.79. The molecular weight excluding hydrogens is 114 g/mol. The van der Waals surface area contributed by atoms with E-state index in [0.717, 1.165) is 18.8 Å². The molecule has 9 heavy (non-hydrogen) atoms. The molecular formula is C6H15N3. The van der Waals surface area contributed by atoms with Gasteiger partial charge in [-0.25, -0.2) is 0 Å². The summed E-state index contributed by atoms with van der Waals surface area (Å²) in [7, 11) is 0. The number of hydrogen-bond acceptors (Lipinski definition) is 2. The molecule has 0 amide bonds. The largest absolute Gasteiger partial charge is 0.370 e. The van der Waals surface area contributed by atoms with E-state index >= 15 is 0 Å². The Labute approximate surface area is 57.4 Å². The van der Waals surface area contributed by atoms with Crippen LogP contribution in [0.3, 0.4) is 0 Å². The van der Waals surface area contributed by atoms with Crippen LogP contribution in [-0.2, 0) is 0 Å². The van der Waals surface area contributed by atoms with Gasteiger partial charge in [0.2, 0.25) is 0 Å². The van der Waals surface area contributed by atoms with Gasteiger partial charge in [0.25, 0.3) is 0 Å². The molecule has 0 fully saturated rings. The third-order valence-corrected chi connectivity index (χ3v) is 1.07. The fourth-order valence-corrected chi connectivity index (χ4v) is 0.614. The van der Waals surface area contributed by atoms with Gasteiger partial charge in [0.05, 0.1) is 6.20 Å². The molecule has 3 nitrogen and oxygen atoms in total. The highest BCUT2D eigenvalue weighted by atomic mass is 15.2. The quantitative estimate of drug-likeness (QED) is 0.652. The lowest BCUT2D eigenvalue weighted by Crippen LogP contribution is -1.99. The van der Waals surface area contributed by atoms with Gasteiger partial charge < -0.3 is 5.32 Å². The number of aromatic amines is 1. The van der Waals surface area contributed by atoms with Gasteiger partial charge in [-0.3, -0.25) is 5.10 Å². The SMILES string of the molecule is CCCNc1ccn[nH]1.[HH].[HH]. The first kappa shape index (κ1) is 6.13. The van der Waals surface area contributed by atoms with E-state index in [1.807, 2.05) is 6.07 Å². The summed E-state index contributed by atoms with van der Waals surface area (Å²) >= 11 is 0. The molecule has 1 heterocycles. The van der Waals surface area contributed by atoms with Crippen molar-refractivity contribution in [2.24, 2.45) is 0 Å². The average Bonchev–Trinajstić information content (AvgIpc) is 2.34. The summed E-state index contributed by atoms with van der Waals surface area (Å²) in [5.41, 5.74) is 0. The van der Waals surface area contributed by atoms with Gasteiger partial charge in [0.15, 0.2) is 0 Å². The van der Waals surface area contributed by atoms with Crippen LogP contribution in [-0.4, -0.2) is 16.7 Å². The number of rotatable bonds is 3. The average molecular weight is 129 g/mol. The maximum atomic E-state index is 3.79. The van der Waals surface area contributed by atoms with Crippen molar-refractivity contribution in [3.05, 3.63) is 12.3 Å². The molecule has 0 aliphatic carbocycles. The van der Waals surface area contributed by atoms with Crippen LogP contribution in [0.25, 0.3) is 0 Å². The smallest absolute Gasteiger partial charge is 0.121 e. The summed E-state index contributed by atoms with van der Waals surface area (Å²) in [5.74, 6) is 0.997. The first-order valence-electron chi connectivity index (χ1n) is 3.16. The molecule has 3 heteroatoms. The molecule has 0 bridgehead atoms. The molecule has 0 atom stereocenters. The van der Waals surface area contributed by atoms with Crippen LogP contribution in [0.15, 0.2) is 12.3 Å². The van der Waals surface area contributed by atoms with Gasteiger partial charge in [0.1, 0.15) is 5.82 Å². The normalized spacial score (nSPS) is 9.44. The number of anilines is 1. The van der Waals surface area contributed by atoms with Crippen LogP contribution in [0.4, 0.5) is 5.82 Å². The van der Waals surface area contributed by atoms with Crippen LogP contribution < -0.4 is 5.32 Å². The second-order valence-electron chi connectivity index (χ2n) is 1.90. The van der Waals surface area contributed by atoms with Crippen LogP contribution >= 0.6 is 0 Å². The number of nitrogens with zero attached hydrogens (tertiary/aromatic N) is 1. The molecule has 0 aliphatic heterocycles.